The minimum absolute atomic E-state index is 0.174. The number of carbonyl (C=O) groups excluding carboxylic acids is 1. The first-order chi connectivity index (χ1) is 13.0. The summed E-state index contributed by atoms with van der Waals surface area (Å²) in [6.07, 6.45) is 1.23. The van der Waals surface area contributed by atoms with Gasteiger partial charge in [-0.15, -0.1) is 0 Å². The molecule has 0 aliphatic heterocycles. The van der Waals surface area contributed by atoms with Crippen LogP contribution in [-0.4, -0.2) is 10.7 Å². The maximum Gasteiger partial charge on any atom is 0.276 e. The number of para-hydroxylation sites is 1. The molecule has 3 rings (SSSR count). The van der Waals surface area contributed by atoms with E-state index in [4.69, 9.17) is 4.42 Å². The Labute approximate surface area is 155 Å². The lowest BCUT2D eigenvalue weighted by Crippen LogP contribution is -2.02. The number of benzene rings is 2. The van der Waals surface area contributed by atoms with E-state index in [1.165, 1.54) is 24.3 Å². The molecule has 0 bridgehead atoms. The van der Waals surface area contributed by atoms with Crippen molar-refractivity contribution < 1.29 is 14.1 Å². The number of nitro groups is 1. The third-order valence-electron chi connectivity index (χ3n) is 4.02. The van der Waals surface area contributed by atoms with Crippen LogP contribution >= 0.6 is 0 Å². The molecule has 3 aromatic rings. The van der Waals surface area contributed by atoms with E-state index in [9.17, 15) is 20.2 Å². The van der Waals surface area contributed by atoms with Crippen LogP contribution in [0, 0.1) is 28.4 Å². The Morgan fingerprint density at radius 1 is 1.15 bits per heavy atom. The van der Waals surface area contributed by atoms with Gasteiger partial charge in [0.25, 0.3) is 5.69 Å². The number of allylic oxidation sites excluding steroid dienone is 1. The molecule has 0 amide bonds. The largest absolute Gasteiger partial charge is 0.461 e. The van der Waals surface area contributed by atoms with E-state index in [1.54, 1.807) is 19.1 Å². The first kappa shape index (κ1) is 17.8. The van der Waals surface area contributed by atoms with E-state index in [1.807, 2.05) is 36.4 Å². The van der Waals surface area contributed by atoms with Crippen LogP contribution in [0.4, 0.5) is 5.69 Å². The fourth-order valence-electron chi connectivity index (χ4n) is 2.68. The molecule has 0 spiro atoms. The van der Waals surface area contributed by atoms with Gasteiger partial charge in [-0.2, -0.15) is 5.26 Å². The molecule has 0 N–H and O–H groups in total. The molecule has 0 unspecified atom stereocenters. The Bertz CT molecular complexity index is 1090. The molecular weight excluding hydrogens is 344 g/mol. The summed E-state index contributed by atoms with van der Waals surface area (Å²) in [5.74, 6) is 0.348. The number of ketones is 1. The third kappa shape index (κ3) is 3.67. The van der Waals surface area contributed by atoms with Gasteiger partial charge in [-0.3, -0.25) is 14.9 Å². The zero-order chi connectivity index (χ0) is 19.4. The average Bonchev–Trinajstić information content (AvgIpc) is 3.08. The van der Waals surface area contributed by atoms with Crippen molar-refractivity contribution in [3.63, 3.8) is 0 Å². The van der Waals surface area contributed by atoms with Gasteiger partial charge in [0.1, 0.15) is 23.2 Å². The molecular formula is C21H14N2O4. The number of furan rings is 1. The summed E-state index contributed by atoms with van der Waals surface area (Å²) < 4.78 is 5.66. The van der Waals surface area contributed by atoms with Gasteiger partial charge in [-0.05, 0) is 25.1 Å². The van der Waals surface area contributed by atoms with Crippen molar-refractivity contribution in [3.05, 3.63) is 93.2 Å². The summed E-state index contributed by atoms with van der Waals surface area (Å²) in [5.41, 5.74) is 0.873. The Balaban J connectivity index is 2.01. The Kier molecular flexibility index (Phi) is 4.95. The van der Waals surface area contributed by atoms with Crippen molar-refractivity contribution in [1.82, 2.24) is 0 Å². The molecule has 0 fully saturated rings. The van der Waals surface area contributed by atoms with Gasteiger partial charge in [-0.25, -0.2) is 0 Å². The summed E-state index contributed by atoms with van der Waals surface area (Å²) in [5, 5.41) is 20.6. The van der Waals surface area contributed by atoms with Gasteiger partial charge in [0.2, 0.25) is 5.78 Å². The van der Waals surface area contributed by atoms with E-state index in [2.05, 4.69) is 0 Å². The van der Waals surface area contributed by atoms with E-state index in [0.29, 0.717) is 11.5 Å². The van der Waals surface area contributed by atoms with E-state index < -0.39 is 10.7 Å². The van der Waals surface area contributed by atoms with E-state index >= 15 is 0 Å². The van der Waals surface area contributed by atoms with E-state index in [0.717, 1.165) is 5.56 Å². The van der Waals surface area contributed by atoms with Crippen molar-refractivity contribution >= 4 is 17.5 Å². The zero-order valence-corrected chi connectivity index (χ0v) is 14.4. The Hall–Kier alpha value is -3.98. The second kappa shape index (κ2) is 7.50. The van der Waals surface area contributed by atoms with Crippen molar-refractivity contribution in [3.8, 4) is 17.4 Å². The number of aryl methyl sites for hydroxylation is 1. The van der Waals surface area contributed by atoms with Crippen LogP contribution in [0.5, 0.6) is 0 Å². The van der Waals surface area contributed by atoms with Crippen molar-refractivity contribution in [1.29, 1.82) is 5.26 Å². The predicted molar refractivity (Wildman–Crippen MR) is 99.9 cm³/mol. The molecule has 27 heavy (non-hydrogen) atoms. The lowest BCUT2D eigenvalue weighted by molar-refractivity contribution is -0.385. The smallest absolute Gasteiger partial charge is 0.276 e. The van der Waals surface area contributed by atoms with E-state index in [-0.39, 0.29) is 22.4 Å². The monoisotopic (exact) mass is 358 g/mol. The highest BCUT2D eigenvalue weighted by Gasteiger charge is 2.21. The number of rotatable bonds is 5. The lowest BCUT2D eigenvalue weighted by Gasteiger charge is -1.99. The topological polar surface area (TPSA) is 97.1 Å². The highest BCUT2D eigenvalue weighted by Crippen LogP contribution is 2.28. The molecule has 1 aromatic heterocycles. The van der Waals surface area contributed by atoms with Crippen LogP contribution in [0.25, 0.3) is 17.4 Å². The Morgan fingerprint density at radius 3 is 2.48 bits per heavy atom. The minimum Gasteiger partial charge on any atom is -0.461 e. The molecule has 0 saturated heterocycles. The number of nitrogens with zero attached hydrogens (tertiary/aromatic N) is 2. The molecule has 0 saturated carbocycles. The molecule has 0 atom stereocenters. The van der Waals surface area contributed by atoms with Gasteiger partial charge in [0.15, 0.2) is 0 Å². The highest BCUT2D eigenvalue weighted by molar-refractivity contribution is 6.15. The van der Waals surface area contributed by atoms with Gasteiger partial charge in [0, 0.05) is 11.6 Å². The number of nitro benzene ring substituents is 1. The standard InChI is InChI=1S/C21H14N2O4/c1-14-18(12-20(27-14)15-7-3-2-4-8-15)21(24)17(13-22)11-16-9-5-6-10-19(16)23(25)26/h2-12H,1H3/b17-11-. The molecule has 2 aromatic carbocycles. The van der Waals surface area contributed by atoms with Crippen LogP contribution in [0.3, 0.4) is 0 Å². The summed E-state index contributed by atoms with van der Waals surface area (Å²) in [4.78, 5) is 23.4. The minimum atomic E-state index is -0.554. The average molecular weight is 358 g/mol. The summed E-state index contributed by atoms with van der Waals surface area (Å²) in [6, 6.07) is 18.6. The van der Waals surface area contributed by atoms with Crippen LogP contribution in [0.1, 0.15) is 21.7 Å². The number of hydrogen-bond acceptors (Lipinski definition) is 5. The van der Waals surface area contributed by atoms with Crippen LogP contribution in [0.15, 0.2) is 70.7 Å². The van der Waals surface area contributed by atoms with Gasteiger partial charge in [-0.1, -0.05) is 42.5 Å². The third-order valence-corrected chi connectivity index (χ3v) is 4.02. The maximum atomic E-state index is 12.8. The molecule has 0 radical (unpaired) electrons. The second-order valence-electron chi connectivity index (χ2n) is 5.76. The fraction of sp³-hybridized carbons (Fsp3) is 0.0476. The number of hydrogen-bond donors (Lipinski definition) is 0. The zero-order valence-electron chi connectivity index (χ0n) is 14.4. The fourth-order valence-corrected chi connectivity index (χ4v) is 2.68. The SMILES string of the molecule is Cc1oc(-c2ccccc2)cc1C(=O)/C(C#N)=C\c1ccccc1[N+](=O)[O-]. The van der Waals surface area contributed by atoms with Crippen LogP contribution in [0.2, 0.25) is 0 Å². The van der Waals surface area contributed by atoms with Crippen LogP contribution < -0.4 is 0 Å². The number of carbonyl (C=O) groups is 1. The van der Waals surface area contributed by atoms with Crippen molar-refractivity contribution in [2.75, 3.05) is 0 Å². The number of Topliss-reactive ketones (excluding diaryl/α,β-unsaturated/α-hetero) is 1. The van der Waals surface area contributed by atoms with Crippen molar-refractivity contribution in [2.45, 2.75) is 6.92 Å². The van der Waals surface area contributed by atoms with Gasteiger partial charge < -0.3 is 4.42 Å². The molecule has 6 nitrogen and oxygen atoms in total. The summed E-state index contributed by atoms with van der Waals surface area (Å²) in [6.45, 7) is 1.64. The predicted octanol–water partition coefficient (Wildman–Crippen LogP) is 4.95. The first-order valence-corrected chi connectivity index (χ1v) is 8.07. The normalized spacial score (nSPS) is 11.0. The van der Waals surface area contributed by atoms with Crippen LogP contribution in [-0.2, 0) is 0 Å². The van der Waals surface area contributed by atoms with Crippen molar-refractivity contribution in [2.24, 2.45) is 0 Å². The first-order valence-electron chi connectivity index (χ1n) is 8.07. The summed E-state index contributed by atoms with van der Waals surface area (Å²) in [7, 11) is 0. The highest BCUT2D eigenvalue weighted by atomic mass is 16.6. The molecule has 0 aliphatic rings. The quantitative estimate of drug-likeness (QED) is 0.211. The van der Waals surface area contributed by atoms with Gasteiger partial charge in [0.05, 0.1) is 16.1 Å². The molecule has 1 heterocycles. The lowest BCUT2D eigenvalue weighted by atomic mass is 10.0. The second-order valence-corrected chi connectivity index (χ2v) is 5.76. The maximum absolute atomic E-state index is 12.8. The molecule has 132 valence electrons. The Morgan fingerprint density at radius 2 is 1.81 bits per heavy atom. The number of nitriles is 1. The van der Waals surface area contributed by atoms with Gasteiger partial charge >= 0.3 is 0 Å². The summed E-state index contributed by atoms with van der Waals surface area (Å²) >= 11 is 0. The molecule has 6 heteroatoms. The molecule has 0 aliphatic carbocycles.